The fraction of sp³-hybridized carbons (Fsp3) is 0.438. The minimum atomic E-state index is -1.17. The Bertz CT molecular complexity index is 1570. The molecule has 16 nitrogen and oxygen atoms in total. The van der Waals surface area contributed by atoms with Gasteiger partial charge in [-0.15, -0.1) is 5.06 Å². The average Bonchev–Trinajstić information content (AvgIpc) is 3.87. The Morgan fingerprint density at radius 3 is 2.50 bits per heavy atom. The van der Waals surface area contributed by atoms with E-state index in [1.54, 1.807) is 48.4 Å². The van der Waals surface area contributed by atoms with E-state index in [-0.39, 0.29) is 75.8 Å². The van der Waals surface area contributed by atoms with E-state index in [1.807, 2.05) is 12.1 Å². The molecule has 16 heteroatoms. The van der Waals surface area contributed by atoms with Crippen LogP contribution in [0, 0.1) is 0 Å². The van der Waals surface area contributed by atoms with Crippen LogP contribution in [0.5, 0.6) is 5.88 Å². The Labute approximate surface area is 276 Å². The molecular formula is C32H38N6O10. The number of hydroxylamine groups is 2. The number of aromatic nitrogens is 2. The average molecular weight is 667 g/mol. The summed E-state index contributed by atoms with van der Waals surface area (Å²) in [5.74, 6) is -1.77. The van der Waals surface area contributed by atoms with Crippen LogP contribution in [-0.4, -0.2) is 112 Å². The SMILES string of the molecule is CCOC(=O)ON1CCN(C(=O)C(CCC(=O)O)NC(=O)c2cc(OCC(=O)N3CCC[C@H]3c3ccco3)n(-c3ccccc3)n2)CC1. The number of carboxylic acids is 1. The van der Waals surface area contributed by atoms with E-state index < -0.39 is 30.0 Å². The lowest BCUT2D eigenvalue weighted by Gasteiger charge is -2.35. The van der Waals surface area contributed by atoms with Crippen molar-refractivity contribution < 1.29 is 47.8 Å². The summed E-state index contributed by atoms with van der Waals surface area (Å²) >= 11 is 0. The number of carbonyl (C=O) groups excluding carboxylic acids is 4. The van der Waals surface area contributed by atoms with Crippen LogP contribution in [0.15, 0.2) is 59.2 Å². The van der Waals surface area contributed by atoms with Gasteiger partial charge in [0.15, 0.2) is 12.3 Å². The Hall–Kier alpha value is -5.38. The van der Waals surface area contributed by atoms with Gasteiger partial charge in [-0.1, -0.05) is 18.2 Å². The van der Waals surface area contributed by atoms with Gasteiger partial charge >= 0.3 is 12.1 Å². The summed E-state index contributed by atoms with van der Waals surface area (Å²) in [7, 11) is 0. The lowest BCUT2D eigenvalue weighted by atomic mass is 10.1. The topological polar surface area (TPSA) is 186 Å². The zero-order valence-corrected chi connectivity index (χ0v) is 26.5. The van der Waals surface area contributed by atoms with E-state index >= 15 is 0 Å². The number of nitrogens with one attached hydrogen (secondary N) is 1. The molecule has 3 aromatic rings. The van der Waals surface area contributed by atoms with Crippen molar-refractivity contribution in [2.75, 3.05) is 45.9 Å². The van der Waals surface area contributed by atoms with Gasteiger partial charge in [-0.2, -0.15) is 5.10 Å². The van der Waals surface area contributed by atoms with Crippen molar-refractivity contribution in [1.82, 2.24) is 30.0 Å². The Balaban J connectivity index is 1.28. The second kappa shape index (κ2) is 15.9. The van der Waals surface area contributed by atoms with Gasteiger partial charge in [0, 0.05) is 32.1 Å². The van der Waals surface area contributed by atoms with Gasteiger partial charge in [0.05, 0.1) is 37.7 Å². The number of furan rings is 1. The number of likely N-dealkylation sites (tertiary alicyclic amines) is 1. The molecule has 5 rings (SSSR count). The molecule has 1 unspecified atom stereocenters. The van der Waals surface area contributed by atoms with E-state index in [1.165, 1.54) is 20.7 Å². The van der Waals surface area contributed by atoms with E-state index in [0.717, 1.165) is 12.8 Å². The third kappa shape index (κ3) is 8.50. The molecule has 0 radical (unpaired) electrons. The largest absolute Gasteiger partial charge is 0.527 e. The van der Waals surface area contributed by atoms with Gasteiger partial charge in [0.25, 0.3) is 11.8 Å². The summed E-state index contributed by atoms with van der Waals surface area (Å²) in [6.45, 7) is 2.78. The van der Waals surface area contributed by atoms with Gasteiger partial charge in [0.2, 0.25) is 11.8 Å². The van der Waals surface area contributed by atoms with Crippen molar-refractivity contribution in [2.24, 2.45) is 0 Å². The van der Waals surface area contributed by atoms with Crippen LogP contribution in [-0.2, 0) is 24.0 Å². The summed E-state index contributed by atoms with van der Waals surface area (Å²) in [5, 5.41) is 17.7. The van der Waals surface area contributed by atoms with Crippen LogP contribution in [0.25, 0.3) is 5.69 Å². The highest BCUT2D eigenvalue weighted by molar-refractivity contribution is 5.96. The molecule has 3 amide bonds. The van der Waals surface area contributed by atoms with Crippen LogP contribution in [0.1, 0.15) is 54.9 Å². The fourth-order valence-electron chi connectivity index (χ4n) is 5.62. The molecule has 2 fully saturated rings. The summed E-state index contributed by atoms with van der Waals surface area (Å²) in [6, 6.07) is 12.5. The number of amides is 3. The number of ether oxygens (including phenoxy) is 2. The van der Waals surface area contributed by atoms with Gasteiger partial charge in [-0.3, -0.25) is 19.2 Å². The molecule has 2 aliphatic rings. The third-order valence-corrected chi connectivity index (χ3v) is 7.96. The molecular weight excluding hydrogens is 628 g/mol. The first-order valence-corrected chi connectivity index (χ1v) is 15.8. The van der Waals surface area contributed by atoms with Crippen LogP contribution in [0.2, 0.25) is 0 Å². The smallest absolute Gasteiger partial charge is 0.481 e. The second-order valence-electron chi connectivity index (χ2n) is 11.2. The lowest BCUT2D eigenvalue weighted by Crippen LogP contribution is -2.55. The first-order chi connectivity index (χ1) is 23.2. The zero-order valence-electron chi connectivity index (χ0n) is 26.5. The van der Waals surface area contributed by atoms with E-state index in [9.17, 15) is 29.1 Å². The highest BCUT2D eigenvalue weighted by Gasteiger charge is 2.33. The maximum Gasteiger partial charge on any atom is 0.527 e. The van der Waals surface area contributed by atoms with Crippen LogP contribution >= 0.6 is 0 Å². The predicted octanol–water partition coefficient (Wildman–Crippen LogP) is 2.40. The molecule has 256 valence electrons. The number of rotatable bonds is 13. The normalized spacial score (nSPS) is 17.1. The Morgan fingerprint density at radius 2 is 1.81 bits per heavy atom. The van der Waals surface area contributed by atoms with E-state index in [0.29, 0.717) is 18.0 Å². The summed E-state index contributed by atoms with van der Waals surface area (Å²) in [5.41, 5.74) is 0.465. The van der Waals surface area contributed by atoms with Crippen LogP contribution in [0.4, 0.5) is 4.79 Å². The molecule has 2 aliphatic heterocycles. The first kappa shape index (κ1) is 34.0. The number of piperazine rings is 1. The van der Waals surface area contributed by atoms with Crippen molar-refractivity contribution in [3.8, 4) is 11.6 Å². The molecule has 2 atom stereocenters. The van der Waals surface area contributed by atoms with Crippen LogP contribution in [0.3, 0.4) is 0 Å². The minimum absolute atomic E-state index is 0.100. The molecule has 0 spiro atoms. The van der Waals surface area contributed by atoms with Crippen molar-refractivity contribution in [3.63, 3.8) is 0 Å². The standard InChI is InChI=1S/C32H38N6O10/c1-2-45-32(44)48-36-17-15-35(16-18-36)31(43)23(12-13-29(40)41)33-30(42)24-20-28(38(34-24)22-8-4-3-5-9-22)47-21-27(39)37-14-6-10-25(37)26-11-7-19-46-26/h3-5,7-9,11,19-20,23,25H,2,6,10,12-18,21H2,1H3,(H,33,42)(H,40,41)/t23?,25-/m0/s1. The number of hydrogen-bond donors (Lipinski definition) is 2. The second-order valence-corrected chi connectivity index (χ2v) is 11.2. The number of para-hydroxylation sites is 1. The van der Waals surface area contributed by atoms with Crippen molar-refractivity contribution >= 4 is 29.8 Å². The van der Waals surface area contributed by atoms with Crippen molar-refractivity contribution in [3.05, 3.63) is 66.2 Å². The molecule has 2 N–H and O–H groups in total. The van der Waals surface area contributed by atoms with Gasteiger partial charge < -0.3 is 39.0 Å². The highest BCUT2D eigenvalue weighted by atomic mass is 16.8. The number of benzene rings is 1. The molecule has 2 aromatic heterocycles. The quantitative estimate of drug-likeness (QED) is 0.254. The van der Waals surface area contributed by atoms with Gasteiger partial charge in [-0.05, 0) is 50.5 Å². The predicted molar refractivity (Wildman–Crippen MR) is 166 cm³/mol. The molecule has 2 saturated heterocycles. The molecule has 48 heavy (non-hydrogen) atoms. The summed E-state index contributed by atoms with van der Waals surface area (Å²) < 4.78 is 17.6. The summed E-state index contributed by atoms with van der Waals surface area (Å²) in [4.78, 5) is 71.5. The number of hydrogen-bond acceptors (Lipinski definition) is 11. The van der Waals surface area contributed by atoms with Crippen molar-refractivity contribution in [2.45, 2.75) is 44.7 Å². The minimum Gasteiger partial charge on any atom is -0.481 e. The monoisotopic (exact) mass is 666 g/mol. The third-order valence-electron chi connectivity index (χ3n) is 7.96. The molecule has 4 heterocycles. The fourth-order valence-corrected chi connectivity index (χ4v) is 5.62. The highest BCUT2D eigenvalue weighted by Crippen LogP contribution is 2.32. The van der Waals surface area contributed by atoms with Gasteiger partial charge in [-0.25, -0.2) is 9.48 Å². The maximum absolute atomic E-state index is 13.5. The van der Waals surface area contributed by atoms with Gasteiger partial charge in [0.1, 0.15) is 11.8 Å². The number of carboxylic acid groups (broad SMARTS) is 1. The Kier molecular flexibility index (Phi) is 11.3. The van der Waals surface area contributed by atoms with E-state index in [2.05, 4.69) is 10.4 Å². The molecule has 1 aromatic carbocycles. The zero-order chi connectivity index (χ0) is 34.0. The molecule has 0 bridgehead atoms. The lowest BCUT2D eigenvalue weighted by molar-refractivity contribution is -0.157. The first-order valence-electron chi connectivity index (χ1n) is 15.8. The number of aliphatic carboxylic acids is 1. The molecule has 0 saturated carbocycles. The number of carbonyl (C=O) groups is 5. The maximum atomic E-state index is 13.5. The Morgan fingerprint density at radius 1 is 1.04 bits per heavy atom. The van der Waals surface area contributed by atoms with Crippen LogP contribution < -0.4 is 10.1 Å². The summed E-state index contributed by atoms with van der Waals surface area (Å²) in [6.07, 6.45) is 1.78. The van der Waals surface area contributed by atoms with E-state index in [4.69, 9.17) is 18.7 Å². The molecule has 0 aliphatic carbocycles. The van der Waals surface area contributed by atoms with Crippen molar-refractivity contribution in [1.29, 1.82) is 0 Å². The number of nitrogens with zero attached hydrogens (tertiary/aromatic N) is 5.